The van der Waals surface area contributed by atoms with Crippen LogP contribution in [0.4, 0.5) is 8.78 Å². The van der Waals surface area contributed by atoms with Crippen LogP contribution >= 0.6 is 0 Å². The highest BCUT2D eigenvalue weighted by atomic mass is 19.1. The van der Waals surface area contributed by atoms with Crippen LogP contribution in [-0.2, 0) is 4.79 Å². The van der Waals surface area contributed by atoms with Gasteiger partial charge in [0.25, 0.3) is 0 Å². The molecule has 1 aliphatic rings. The first-order chi connectivity index (χ1) is 11.5. The van der Waals surface area contributed by atoms with Gasteiger partial charge in [-0.25, -0.2) is 8.78 Å². The van der Waals surface area contributed by atoms with Crippen LogP contribution in [0.15, 0.2) is 42.5 Å². The van der Waals surface area contributed by atoms with Gasteiger partial charge in [0, 0.05) is 17.7 Å². The van der Waals surface area contributed by atoms with Gasteiger partial charge in [-0.2, -0.15) is 0 Å². The van der Waals surface area contributed by atoms with Crippen molar-refractivity contribution in [3.63, 3.8) is 0 Å². The molecule has 1 aliphatic heterocycles. The fourth-order valence-corrected chi connectivity index (χ4v) is 2.33. The van der Waals surface area contributed by atoms with Crippen LogP contribution in [0.2, 0.25) is 0 Å². The fourth-order valence-electron chi connectivity index (χ4n) is 2.33. The lowest BCUT2D eigenvalue weighted by atomic mass is 10.1. The average molecular weight is 331 g/mol. The molecule has 0 aliphatic carbocycles. The number of halogens is 2. The summed E-state index contributed by atoms with van der Waals surface area (Å²) in [6.07, 6.45) is 2.51. The second-order valence-corrected chi connectivity index (χ2v) is 5.34. The molecule has 1 amide bonds. The first-order valence-corrected chi connectivity index (χ1v) is 7.36. The average Bonchev–Trinajstić information content (AvgIpc) is 3.01. The maximum absolute atomic E-state index is 13.5. The molecule has 1 heterocycles. The Labute approximate surface area is 137 Å². The first-order valence-electron chi connectivity index (χ1n) is 7.36. The number of amides is 1. The van der Waals surface area contributed by atoms with E-state index in [1.165, 1.54) is 18.2 Å². The largest absolute Gasteiger partial charge is 0.454 e. The van der Waals surface area contributed by atoms with Crippen LogP contribution in [0, 0.1) is 11.6 Å². The Bertz CT molecular complexity index is 805. The molecular formula is C18H15F2NO3. The Kier molecular flexibility index (Phi) is 4.46. The number of ether oxygens (including phenoxy) is 2. The van der Waals surface area contributed by atoms with E-state index in [2.05, 4.69) is 5.32 Å². The molecule has 0 radical (unpaired) electrons. The lowest BCUT2D eigenvalue weighted by Gasteiger charge is -2.13. The molecule has 0 saturated heterocycles. The lowest BCUT2D eigenvalue weighted by molar-refractivity contribution is -0.117. The summed E-state index contributed by atoms with van der Waals surface area (Å²) in [7, 11) is 0. The third-order valence-electron chi connectivity index (χ3n) is 3.63. The lowest BCUT2D eigenvalue weighted by Crippen LogP contribution is -2.24. The van der Waals surface area contributed by atoms with Gasteiger partial charge in [0.2, 0.25) is 12.7 Å². The van der Waals surface area contributed by atoms with Gasteiger partial charge in [-0.3, -0.25) is 4.79 Å². The van der Waals surface area contributed by atoms with Gasteiger partial charge in [-0.1, -0.05) is 6.07 Å². The predicted octanol–water partition coefficient (Wildman–Crippen LogP) is 3.58. The quantitative estimate of drug-likeness (QED) is 0.871. The second-order valence-electron chi connectivity index (χ2n) is 5.34. The van der Waals surface area contributed by atoms with Gasteiger partial charge in [0.15, 0.2) is 11.5 Å². The van der Waals surface area contributed by atoms with Crippen LogP contribution in [0.5, 0.6) is 11.5 Å². The van der Waals surface area contributed by atoms with Crippen molar-refractivity contribution in [1.29, 1.82) is 0 Å². The van der Waals surface area contributed by atoms with E-state index in [4.69, 9.17) is 9.47 Å². The molecule has 4 nitrogen and oxygen atoms in total. The zero-order valence-electron chi connectivity index (χ0n) is 12.9. The molecule has 0 saturated carbocycles. The predicted molar refractivity (Wildman–Crippen MR) is 84.5 cm³/mol. The Morgan fingerprint density at radius 3 is 2.75 bits per heavy atom. The minimum atomic E-state index is -0.720. The zero-order valence-corrected chi connectivity index (χ0v) is 12.9. The van der Waals surface area contributed by atoms with Crippen LogP contribution < -0.4 is 14.8 Å². The van der Waals surface area contributed by atoms with Crippen LogP contribution in [0.25, 0.3) is 6.08 Å². The summed E-state index contributed by atoms with van der Waals surface area (Å²) in [5, 5.41) is 2.77. The molecule has 124 valence electrons. The fraction of sp³-hybridized carbons (Fsp3) is 0.167. The number of benzene rings is 2. The summed E-state index contributed by atoms with van der Waals surface area (Å²) in [6.45, 7) is 2.01. The zero-order chi connectivity index (χ0) is 17.1. The standard InChI is InChI=1S/C18H15F2NO3/c1-11(13-3-6-16-17(8-13)24-10-23-16)21-18(22)7-4-12-2-5-14(19)9-15(12)20/h2-9,11H,10H2,1H3,(H,21,22)/b7-4+. The summed E-state index contributed by atoms with van der Waals surface area (Å²) in [6, 6.07) is 8.33. The molecule has 0 spiro atoms. The Hall–Kier alpha value is -2.89. The second kappa shape index (κ2) is 6.70. The molecule has 3 rings (SSSR count). The third-order valence-corrected chi connectivity index (χ3v) is 3.63. The number of hydrogen-bond acceptors (Lipinski definition) is 3. The number of hydrogen-bond donors (Lipinski definition) is 1. The van der Waals surface area contributed by atoms with Gasteiger partial charge in [0.1, 0.15) is 11.6 Å². The van der Waals surface area contributed by atoms with Crippen molar-refractivity contribution in [2.24, 2.45) is 0 Å². The van der Waals surface area contributed by atoms with E-state index in [0.717, 1.165) is 17.7 Å². The highest BCUT2D eigenvalue weighted by Crippen LogP contribution is 2.34. The summed E-state index contributed by atoms with van der Waals surface area (Å²) in [5.41, 5.74) is 0.997. The monoisotopic (exact) mass is 331 g/mol. The number of carbonyl (C=O) groups is 1. The van der Waals surface area contributed by atoms with E-state index in [1.807, 2.05) is 13.0 Å². The van der Waals surface area contributed by atoms with E-state index in [0.29, 0.717) is 11.5 Å². The van der Waals surface area contributed by atoms with Crippen molar-refractivity contribution in [2.75, 3.05) is 6.79 Å². The maximum atomic E-state index is 13.5. The highest BCUT2D eigenvalue weighted by molar-refractivity contribution is 5.92. The van der Waals surface area contributed by atoms with Gasteiger partial charge >= 0.3 is 0 Å². The van der Waals surface area contributed by atoms with Crippen molar-refractivity contribution in [2.45, 2.75) is 13.0 Å². The highest BCUT2D eigenvalue weighted by Gasteiger charge is 2.16. The molecule has 0 aromatic heterocycles. The van der Waals surface area contributed by atoms with Crippen LogP contribution in [0.1, 0.15) is 24.1 Å². The van der Waals surface area contributed by atoms with E-state index in [-0.39, 0.29) is 24.3 Å². The van der Waals surface area contributed by atoms with Gasteiger partial charge in [-0.05, 0) is 42.8 Å². The molecule has 6 heteroatoms. The van der Waals surface area contributed by atoms with E-state index < -0.39 is 11.6 Å². The number of nitrogens with one attached hydrogen (secondary N) is 1. The van der Waals surface area contributed by atoms with E-state index in [1.54, 1.807) is 12.1 Å². The Morgan fingerprint density at radius 2 is 1.96 bits per heavy atom. The molecule has 2 aromatic carbocycles. The number of fused-ring (bicyclic) bond motifs is 1. The number of rotatable bonds is 4. The van der Waals surface area contributed by atoms with E-state index >= 15 is 0 Å². The summed E-state index contributed by atoms with van der Waals surface area (Å²) in [5.74, 6) is -0.459. The Morgan fingerprint density at radius 1 is 1.17 bits per heavy atom. The molecule has 24 heavy (non-hydrogen) atoms. The first kappa shape index (κ1) is 16.0. The van der Waals surface area contributed by atoms with Crippen molar-refractivity contribution < 1.29 is 23.0 Å². The summed E-state index contributed by atoms with van der Waals surface area (Å²) < 4.78 is 36.9. The van der Waals surface area contributed by atoms with Crippen LogP contribution in [0.3, 0.4) is 0 Å². The van der Waals surface area contributed by atoms with Gasteiger partial charge in [0.05, 0.1) is 6.04 Å². The smallest absolute Gasteiger partial charge is 0.244 e. The van der Waals surface area contributed by atoms with Crippen LogP contribution in [-0.4, -0.2) is 12.7 Å². The molecule has 1 unspecified atom stereocenters. The maximum Gasteiger partial charge on any atom is 0.244 e. The molecule has 0 bridgehead atoms. The minimum Gasteiger partial charge on any atom is -0.454 e. The van der Waals surface area contributed by atoms with Crippen molar-refractivity contribution in [1.82, 2.24) is 5.32 Å². The van der Waals surface area contributed by atoms with Crippen molar-refractivity contribution in [3.05, 3.63) is 65.2 Å². The third kappa shape index (κ3) is 3.53. The van der Waals surface area contributed by atoms with Crippen molar-refractivity contribution >= 4 is 12.0 Å². The Balaban J connectivity index is 1.64. The molecule has 0 fully saturated rings. The molecule has 1 N–H and O–H groups in total. The minimum absolute atomic E-state index is 0.141. The van der Waals surface area contributed by atoms with Gasteiger partial charge in [-0.15, -0.1) is 0 Å². The number of carbonyl (C=O) groups excluding carboxylic acids is 1. The van der Waals surface area contributed by atoms with Gasteiger partial charge < -0.3 is 14.8 Å². The molecule has 1 atom stereocenters. The topological polar surface area (TPSA) is 47.6 Å². The summed E-state index contributed by atoms with van der Waals surface area (Å²) in [4.78, 5) is 12.0. The van der Waals surface area contributed by atoms with Crippen molar-refractivity contribution in [3.8, 4) is 11.5 Å². The molecular weight excluding hydrogens is 316 g/mol. The molecule has 2 aromatic rings. The normalized spacial score (nSPS) is 14.0. The summed E-state index contributed by atoms with van der Waals surface area (Å²) >= 11 is 0. The van der Waals surface area contributed by atoms with E-state index in [9.17, 15) is 13.6 Å². The SMILES string of the molecule is CC(NC(=O)/C=C/c1ccc(F)cc1F)c1ccc2c(c1)OCO2.